The summed E-state index contributed by atoms with van der Waals surface area (Å²) in [5, 5.41) is 0.987. The molecule has 2 aromatic heterocycles. The van der Waals surface area contributed by atoms with E-state index in [0.29, 0.717) is 0 Å². The van der Waals surface area contributed by atoms with Crippen molar-refractivity contribution >= 4 is 11.8 Å². The zero-order valence-corrected chi connectivity index (χ0v) is 12.0. The predicted molar refractivity (Wildman–Crippen MR) is 82.1 cm³/mol. The van der Waals surface area contributed by atoms with Crippen molar-refractivity contribution in [3.05, 3.63) is 72.3 Å². The van der Waals surface area contributed by atoms with Gasteiger partial charge in [-0.2, -0.15) is 0 Å². The molecule has 0 bridgehead atoms. The van der Waals surface area contributed by atoms with E-state index in [9.17, 15) is 0 Å². The number of rotatable bonds is 4. The minimum atomic E-state index is 0.823. The Balaban J connectivity index is 1.80. The fourth-order valence-electron chi connectivity index (χ4n) is 1.99. The highest BCUT2D eigenvalue weighted by atomic mass is 32.2. The molecule has 0 atom stereocenters. The second-order valence-electron chi connectivity index (χ2n) is 4.53. The lowest BCUT2D eigenvalue weighted by molar-refractivity contribution is 0.893. The Hall–Kier alpha value is -2.07. The molecule has 0 aliphatic rings. The van der Waals surface area contributed by atoms with Gasteiger partial charge in [0.1, 0.15) is 0 Å². The second kappa shape index (κ2) is 5.92. The topological polar surface area (TPSA) is 30.7 Å². The lowest BCUT2D eigenvalue weighted by Crippen LogP contribution is -1.96. The maximum absolute atomic E-state index is 4.44. The molecule has 0 aliphatic carbocycles. The number of pyridine rings is 1. The molecule has 0 radical (unpaired) electrons. The third kappa shape index (κ3) is 2.91. The van der Waals surface area contributed by atoms with Crippen LogP contribution in [-0.2, 0) is 5.75 Å². The summed E-state index contributed by atoms with van der Waals surface area (Å²) < 4.78 is 2.11. The van der Waals surface area contributed by atoms with Gasteiger partial charge in [-0.3, -0.25) is 9.55 Å². The van der Waals surface area contributed by atoms with Gasteiger partial charge in [0.25, 0.3) is 0 Å². The van der Waals surface area contributed by atoms with Gasteiger partial charge in [-0.05, 0) is 36.8 Å². The van der Waals surface area contributed by atoms with E-state index in [2.05, 4.69) is 45.7 Å². The van der Waals surface area contributed by atoms with Crippen molar-refractivity contribution in [3.8, 4) is 5.69 Å². The average Bonchev–Trinajstić information content (AvgIpc) is 2.95. The van der Waals surface area contributed by atoms with E-state index >= 15 is 0 Å². The molecule has 100 valence electrons. The number of nitrogens with zero attached hydrogens (tertiary/aromatic N) is 3. The lowest BCUT2D eigenvalue weighted by atomic mass is 10.2. The maximum atomic E-state index is 4.44. The van der Waals surface area contributed by atoms with E-state index < -0.39 is 0 Å². The van der Waals surface area contributed by atoms with E-state index in [1.807, 2.05) is 36.8 Å². The Morgan fingerprint density at radius 1 is 1.05 bits per heavy atom. The number of imidazole rings is 1. The van der Waals surface area contributed by atoms with Crippen molar-refractivity contribution in [2.45, 2.75) is 17.8 Å². The number of thioether (sulfide) groups is 1. The fraction of sp³-hybridized carbons (Fsp3) is 0.125. The normalized spacial score (nSPS) is 10.7. The Morgan fingerprint density at radius 3 is 2.80 bits per heavy atom. The molecule has 0 unspecified atom stereocenters. The predicted octanol–water partition coefficient (Wildman–Crippen LogP) is 3.87. The Morgan fingerprint density at radius 2 is 2.00 bits per heavy atom. The first-order valence-corrected chi connectivity index (χ1v) is 7.44. The van der Waals surface area contributed by atoms with Crippen LogP contribution in [0.3, 0.4) is 0 Å². The summed E-state index contributed by atoms with van der Waals surface area (Å²) in [6.07, 6.45) is 5.65. The van der Waals surface area contributed by atoms with Crippen LogP contribution in [0.25, 0.3) is 5.69 Å². The van der Waals surface area contributed by atoms with Crippen LogP contribution in [0, 0.1) is 6.92 Å². The van der Waals surface area contributed by atoms with Crippen LogP contribution in [0.5, 0.6) is 0 Å². The maximum Gasteiger partial charge on any atom is 0.172 e. The monoisotopic (exact) mass is 281 g/mol. The summed E-state index contributed by atoms with van der Waals surface area (Å²) in [5.74, 6) is 0.823. The van der Waals surface area contributed by atoms with E-state index in [0.717, 1.165) is 22.3 Å². The van der Waals surface area contributed by atoms with Crippen LogP contribution in [-0.4, -0.2) is 14.5 Å². The standard InChI is InChI=1S/C16H15N3S/c1-13-5-4-7-15(11-13)19-10-9-18-16(19)20-12-14-6-2-3-8-17-14/h2-11H,12H2,1H3. The van der Waals surface area contributed by atoms with Gasteiger partial charge < -0.3 is 0 Å². The van der Waals surface area contributed by atoms with Gasteiger partial charge in [0, 0.05) is 30.0 Å². The van der Waals surface area contributed by atoms with Gasteiger partial charge in [-0.25, -0.2) is 4.98 Å². The van der Waals surface area contributed by atoms with Gasteiger partial charge in [-0.15, -0.1) is 0 Å². The minimum absolute atomic E-state index is 0.823. The number of hydrogen-bond acceptors (Lipinski definition) is 3. The quantitative estimate of drug-likeness (QED) is 0.680. The number of aryl methyl sites for hydroxylation is 1. The highest BCUT2D eigenvalue weighted by Gasteiger charge is 2.06. The molecule has 0 saturated carbocycles. The van der Waals surface area contributed by atoms with E-state index in [-0.39, 0.29) is 0 Å². The van der Waals surface area contributed by atoms with Crippen LogP contribution in [0.1, 0.15) is 11.3 Å². The SMILES string of the molecule is Cc1cccc(-n2ccnc2SCc2ccccn2)c1. The van der Waals surface area contributed by atoms with Crippen molar-refractivity contribution in [1.29, 1.82) is 0 Å². The summed E-state index contributed by atoms with van der Waals surface area (Å²) >= 11 is 1.70. The molecule has 0 amide bonds. The summed E-state index contributed by atoms with van der Waals surface area (Å²) in [5.41, 5.74) is 3.46. The van der Waals surface area contributed by atoms with Crippen molar-refractivity contribution in [1.82, 2.24) is 14.5 Å². The lowest BCUT2D eigenvalue weighted by Gasteiger charge is -2.08. The number of aromatic nitrogens is 3. The molecule has 0 fully saturated rings. The largest absolute Gasteiger partial charge is 0.295 e. The molecule has 0 aliphatic heterocycles. The van der Waals surface area contributed by atoms with Crippen LogP contribution in [0.15, 0.2) is 66.2 Å². The molecule has 0 spiro atoms. The number of benzene rings is 1. The van der Waals surface area contributed by atoms with E-state index in [4.69, 9.17) is 0 Å². The molecule has 0 saturated heterocycles. The Kier molecular flexibility index (Phi) is 3.83. The van der Waals surface area contributed by atoms with Crippen molar-refractivity contribution in [2.24, 2.45) is 0 Å². The molecular formula is C16H15N3S. The second-order valence-corrected chi connectivity index (χ2v) is 5.47. The molecule has 1 aromatic carbocycles. The summed E-state index contributed by atoms with van der Waals surface area (Å²) in [4.78, 5) is 8.77. The third-order valence-electron chi connectivity index (χ3n) is 2.96. The van der Waals surface area contributed by atoms with Crippen molar-refractivity contribution < 1.29 is 0 Å². The Bertz CT molecular complexity index is 692. The van der Waals surface area contributed by atoms with Gasteiger partial charge >= 0.3 is 0 Å². The molecular weight excluding hydrogens is 266 g/mol. The van der Waals surface area contributed by atoms with Crippen LogP contribution in [0.4, 0.5) is 0 Å². The molecule has 0 N–H and O–H groups in total. The molecule has 3 nitrogen and oxygen atoms in total. The highest BCUT2D eigenvalue weighted by Crippen LogP contribution is 2.23. The smallest absolute Gasteiger partial charge is 0.172 e. The van der Waals surface area contributed by atoms with Gasteiger partial charge in [0.05, 0.1) is 5.69 Å². The minimum Gasteiger partial charge on any atom is -0.295 e. The Labute approximate surface area is 122 Å². The van der Waals surface area contributed by atoms with Gasteiger partial charge in [-0.1, -0.05) is 30.0 Å². The fourth-order valence-corrected chi connectivity index (χ4v) is 2.88. The first-order valence-electron chi connectivity index (χ1n) is 6.46. The zero-order valence-electron chi connectivity index (χ0n) is 11.2. The molecule has 2 heterocycles. The first-order chi connectivity index (χ1) is 9.83. The average molecular weight is 281 g/mol. The van der Waals surface area contributed by atoms with Crippen LogP contribution < -0.4 is 0 Å². The summed E-state index contributed by atoms with van der Waals surface area (Å²) in [6, 6.07) is 14.4. The molecule has 20 heavy (non-hydrogen) atoms. The molecule has 3 rings (SSSR count). The summed E-state index contributed by atoms with van der Waals surface area (Å²) in [7, 11) is 0. The van der Waals surface area contributed by atoms with Crippen molar-refractivity contribution in [2.75, 3.05) is 0 Å². The summed E-state index contributed by atoms with van der Waals surface area (Å²) in [6.45, 7) is 2.10. The van der Waals surface area contributed by atoms with E-state index in [1.165, 1.54) is 5.56 Å². The van der Waals surface area contributed by atoms with Gasteiger partial charge in [0.15, 0.2) is 5.16 Å². The highest BCUT2D eigenvalue weighted by molar-refractivity contribution is 7.98. The third-order valence-corrected chi connectivity index (χ3v) is 3.96. The van der Waals surface area contributed by atoms with Crippen molar-refractivity contribution in [3.63, 3.8) is 0 Å². The van der Waals surface area contributed by atoms with E-state index in [1.54, 1.807) is 11.8 Å². The molecule has 4 heteroatoms. The van der Waals surface area contributed by atoms with Crippen LogP contribution in [0.2, 0.25) is 0 Å². The first kappa shape index (κ1) is 12.9. The zero-order chi connectivity index (χ0) is 13.8. The van der Waals surface area contributed by atoms with Crippen LogP contribution >= 0.6 is 11.8 Å². The number of hydrogen-bond donors (Lipinski definition) is 0. The van der Waals surface area contributed by atoms with Gasteiger partial charge in [0.2, 0.25) is 0 Å². The molecule has 3 aromatic rings.